The molecule has 1 heterocycles. The van der Waals surface area contributed by atoms with Gasteiger partial charge < -0.3 is 10.2 Å². The van der Waals surface area contributed by atoms with E-state index in [-0.39, 0.29) is 30.7 Å². The smallest absolute Gasteiger partial charge is 0.245 e. The lowest BCUT2D eigenvalue weighted by Crippen LogP contribution is -2.56. The lowest BCUT2D eigenvalue weighted by molar-refractivity contribution is -0.144. The van der Waals surface area contributed by atoms with Crippen molar-refractivity contribution in [3.8, 4) is 0 Å². The van der Waals surface area contributed by atoms with Crippen LogP contribution in [-0.4, -0.2) is 29.3 Å². The van der Waals surface area contributed by atoms with Gasteiger partial charge in [0.25, 0.3) is 0 Å². The van der Waals surface area contributed by atoms with E-state index in [9.17, 15) is 14.0 Å². The van der Waals surface area contributed by atoms with Gasteiger partial charge in [-0.05, 0) is 13.0 Å². The highest BCUT2D eigenvalue weighted by Gasteiger charge is 2.29. The fourth-order valence-corrected chi connectivity index (χ4v) is 1.84. The number of amides is 2. The Morgan fingerprint density at radius 1 is 1.41 bits per heavy atom. The van der Waals surface area contributed by atoms with Crippen molar-refractivity contribution in [1.82, 2.24) is 10.2 Å². The minimum absolute atomic E-state index is 0.0164. The molecule has 1 aliphatic rings. The highest BCUT2D eigenvalue weighted by atomic mass is 19.1. The van der Waals surface area contributed by atoms with Crippen molar-refractivity contribution in [3.63, 3.8) is 0 Å². The van der Waals surface area contributed by atoms with Gasteiger partial charge in [-0.2, -0.15) is 0 Å². The summed E-state index contributed by atoms with van der Waals surface area (Å²) in [5.74, 6) is -0.764. The first kappa shape index (κ1) is 11.6. The highest BCUT2D eigenvalue weighted by Crippen LogP contribution is 2.12. The predicted octanol–water partition coefficient (Wildman–Crippen LogP) is 0.673. The molecule has 1 aromatic carbocycles. The molecular formula is C12H13FN2O2. The second kappa shape index (κ2) is 4.53. The molecule has 4 nitrogen and oxygen atoms in total. The normalized spacial score (nSPS) is 20.4. The van der Waals surface area contributed by atoms with Gasteiger partial charge in [0.05, 0.1) is 6.54 Å². The maximum atomic E-state index is 13.4. The van der Waals surface area contributed by atoms with Gasteiger partial charge in [0.1, 0.15) is 11.9 Å². The molecule has 0 aliphatic carbocycles. The number of hydrogen-bond acceptors (Lipinski definition) is 2. The van der Waals surface area contributed by atoms with Gasteiger partial charge in [0, 0.05) is 12.1 Å². The first-order chi connectivity index (χ1) is 8.08. The van der Waals surface area contributed by atoms with Crippen LogP contribution >= 0.6 is 0 Å². The van der Waals surface area contributed by atoms with Crippen molar-refractivity contribution in [2.45, 2.75) is 19.5 Å². The first-order valence-corrected chi connectivity index (χ1v) is 5.39. The zero-order valence-corrected chi connectivity index (χ0v) is 9.44. The standard InChI is InChI=1S/C12H13FN2O2/c1-8-12(17)15(7-11(16)14-8)6-9-4-2-3-5-10(9)13/h2-5,8H,6-7H2,1H3,(H,14,16). The molecule has 0 radical (unpaired) electrons. The van der Waals surface area contributed by atoms with E-state index in [0.717, 1.165) is 0 Å². The number of piperazine rings is 1. The van der Waals surface area contributed by atoms with Crippen LogP contribution in [-0.2, 0) is 16.1 Å². The molecule has 0 bridgehead atoms. The van der Waals surface area contributed by atoms with Crippen LogP contribution in [0.2, 0.25) is 0 Å². The second-order valence-corrected chi connectivity index (χ2v) is 4.07. The Hall–Kier alpha value is -1.91. The fraction of sp³-hybridized carbons (Fsp3) is 0.333. The molecule has 5 heteroatoms. The van der Waals surface area contributed by atoms with Crippen molar-refractivity contribution < 1.29 is 14.0 Å². The summed E-state index contributed by atoms with van der Waals surface area (Å²) in [6.45, 7) is 1.73. The van der Waals surface area contributed by atoms with E-state index in [0.29, 0.717) is 5.56 Å². The number of carbonyl (C=O) groups is 2. The maximum absolute atomic E-state index is 13.4. The van der Waals surface area contributed by atoms with Gasteiger partial charge in [-0.3, -0.25) is 9.59 Å². The van der Waals surface area contributed by atoms with Gasteiger partial charge >= 0.3 is 0 Å². The largest absolute Gasteiger partial charge is 0.343 e. The fourth-order valence-electron chi connectivity index (χ4n) is 1.84. The summed E-state index contributed by atoms with van der Waals surface area (Å²) in [7, 11) is 0. The van der Waals surface area contributed by atoms with Crippen molar-refractivity contribution in [1.29, 1.82) is 0 Å². The zero-order valence-electron chi connectivity index (χ0n) is 9.44. The van der Waals surface area contributed by atoms with Crippen LogP contribution in [0.1, 0.15) is 12.5 Å². The van der Waals surface area contributed by atoms with Crippen molar-refractivity contribution in [2.75, 3.05) is 6.54 Å². The molecule has 1 fully saturated rings. The molecule has 0 saturated carbocycles. The zero-order chi connectivity index (χ0) is 12.4. The molecule has 0 spiro atoms. The Morgan fingerprint density at radius 3 is 2.82 bits per heavy atom. The van der Waals surface area contributed by atoms with Crippen molar-refractivity contribution in [3.05, 3.63) is 35.6 Å². The van der Waals surface area contributed by atoms with Crippen LogP contribution in [0.3, 0.4) is 0 Å². The number of carbonyl (C=O) groups excluding carboxylic acids is 2. The van der Waals surface area contributed by atoms with Crippen LogP contribution in [0, 0.1) is 5.82 Å². The Balaban J connectivity index is 2.15. The van der Waals surface area contributed by atoms with Gasteiger partial charge in [-0.15, -0.1) is 0 Å². The highest BCUT2D eigenvalue weighted by molar-refractivity contribution is 5.94. The Labute approximate surface area is 98.4 Å². The monoisotopic (exact) mass is 236 g/mol. The van der Waals surface area contributed by atoms with E-state index in [1.165, 1.54) is 11.0 Å². The van der Waals surface area contributed by atoms with Crippen LogP contribution in [0.25, 0.3) is 0 Å². The number of halogens is 1. The van der Waals surface area contributed by atoms with Crippen LogP contribution in [0.5, 0.6) is 0 Å². The number of nitrogens with one attached hydrogen (secondary N) is 1. The van der Waals surface area contributed by atoms with Gasteiger partial charge in [-0.1, -0.05) is 18.2 Å². The lowest BCUT2D eigenvalue weighted by atomic mass is 10.1. The van der Waals surface area contributed by atoms with Gasteiger partial charge in [0.15, 0.2) is 0 Å². The topological polar surface area (TPSA) is 49.4 Å². The minimum Gasteiger partial charge on any atom is -0.343 e. The lowest BCUT2D eigenvalue weighted by Gasteiger charge is -2.30. The average molecular weight is 236 g/mol. The van der Waals surface area contributed by atoms with E-state index < -0.39 is 6.04 Å². The molecule has 90 valence electrons. The number of rotatable bonds is 2. The van der Waals surface area contributed by atoms with Crippen LogP contribution < -0.4 is 5.32 Å². The summed E-state index contributed by atoms with van der Waals surface area (Å²) in [5.41, 5.74) is 0.419. The van der Waals surface area contributed by atoms with E-state index in [1.54, 1.807) is 25.1 Å². The summed E-state index contributed by atoms with van der Waals surface area (Å²) >= 11 is 0. The predicted molar refractivity (Wildman–Crippen MR) is 59.4 cm³/mol. The molecule has 2 rings (SSSR count). The van der Waals surface area contributed by atoms with E-state index in [1.807, 2.05) is 0 Å². The summed E-state index contributed by atoms with van der Waals surface area (Å²) < 4.78 is 13.4. The Kier molecular flexibility index (Phi) is 3.08. The molecule has 0 aromatic heterocycles. The van der Waals surface area contributed by atoms with Gasteiger partial charge in [-0.25, -0.2) is 4.39 Å². The number of nitrogens with zero attached hydrogens (tertiary/aromatic N) is 1. The van der Waals surface area contributed by atoms with E-state index in [2.05, 4.69) is 5.32 Å². The molecular weight excluding hydrogens is 223 g/mol. The molecule has 2 amide bonds. The molecule has 1 saturated heterocycles. The third kappa shape index (κ3) is 2.43. The van der Waals surface area contributed by atoms with Crippen molar-refractivity contribution >= 4 is 11.8 Å². The SMILES string of the molecule is CC1NC(=O)CN(Cc2ccccc2F)C1=O. The summed E-state index contributed by atoms with van der Waals surface area (Å²) in [4.78, 5) is 24.4. The number of hydrogen-bond donors (Lipinski definition) is 1. The summed E-state index contributed by atoms with van der Waals surface area (Å²) in [6.07, 6.45) is 0. The minimum atomic E-state index is -0.539. The second-order valence-electron chi connectivity index (χ2n) is 4.07. The molecule has 1 aromatic rings. The quantitative estimate of drug-likeness (QED) is 0.820. The average Bonchev–Trinajstić information content (AvgIpc) is 2.28. The summed E-state index contributed by atoms with van der Waals surface area (Å²) in [6, 6.07) is 5.71. The van der Waals surface area contributed by atoms with Crippen LogP contribution in [0.4, 0.5) is 4.39 Å². The third-order valence-electron chi connectivity index (χ3n) is 2.71. The van der Waals surface area contributed by atoms with Gasteiger partial charge in [0.2, 0.25) is 11.8 Å². The summed E-state index contributed by atoms with van der Waals surface area (Å²) in [5, 5.41) is 2.54. The molecule has 17 heavy (non-hydrogen) atoms. The van der Waals surface area contributed by atoms with Crippen LogP contribution in [0.15, 0.2) is 24.3 Å². The number of benzene rings is 1. The van der Waals surface area contributed by atoms with Crippen molar-refractivity contribution in [2.24, 2.45) is 0 Å². The molecule has 1 unspecified atom stereocenters. The first-order valence-electron chi connectivity index (χ1n) is 5.39. The van der Waals surface area contributed by atoms with E-state index in [4.69, 9.17) is 0 Å². The molecule has 1 atom stereocenters. The Morgan fingerprint density at radius 2 is 2.12 bits per heavy atom. The molecule has 1 N–H and O–H groups in total. The third-order valence-corrected chi connectivity index (χ3v) is 2.71. The molecule has 1 aliphatic heterocycles. The van der Waals surface area contributed by atoms with E-state index >= 15 is 0 Å². The Bertz CT molecular complexity index is 462. The maximum Gasteiger partial charge on any atom is 0.245 e.